The summed E-state index contributed by atoms with van der Waals surface area (Å²) in [5.41, 5.74) is 1.15. The first-order valence-corrected chi connectivity index (χ1v) is 9.79. The Balaban J connectivity index is 1.35. The summed E-state index contributed by atoms with van der Waals surface area (Å²) in [6, 6.07) is 6.08. The molecule has 1 saturated carbocycles. The van der Waals surface area contributed by atoms with Crippen molar-refractivity contribution >= 4 is 11.6 Å². The Bertz CT molecular complexity index is 711. The molecule has 0 amide bonds. The highest BCUT2D eigenvalue weighted by Crippen LogP contribution is 2.23. The van der Waals surface area contributed by atoms with Crippen LogP contribution in [0.15, 0.2) is 30.7 Å². The molecule has 0 bridgehead atoms. The molecule has 6 nitrogen and oxygen atoms in total. The van der Waals surface area contributed by atoms with Crippen LogP contribution in [0.3, 0.4) is 0 Å². The first kappa shape index (κ1) is 17.1. The Morgan fingerprint density at radius 1 is 1.00 bits per heavy atom. The average molecular weight is 353 g/mol. The largest absolute Gasteiger partial charge is 0.474 e. The number of ether oxygens (including phenoxy) is 1. The second-order valence-corrected chi connectivity index (χ2v) is 7.19. The maximum atomic E-state index is 6.06. The van der Waals surface area contributed by atoms with Gasteiger partial charge in [0.15, 0.2) is 0 Å². The molecule has 3 heterocycles. The smallest absolute Gasteiger partial charge is 0.213 e. The normalized spacial score (nSPS) is 18.1. The minimum absolute atomic E-state index is 0.323. The van der Waals surface area contributed by atoms with Crippen LogP contribution in [0.25, 0.3) is 0 Å². The van der Waals surface area contributed by atoms with Gasteiger partial charge in [0, 0.05) is 38.0 Å². The van der Waals surface area contributed by atoms with Crippen molar-refractivity contribution in [3.05, 3.63) is 36.3 Å². The second-order valence-electron chi connectivity index (χ2n) is 7.19. The molecule has 6 heteroatoms. The Kier molecular flexibility index (Phi) is 5.47. The van der Waals surface area contributed by atoms with Gasteiger partial charge in [-0.3, -0.25) is 0 Å². The van der Waals surface area contributed by atoms with E-state index in [4.69, 9.17) is 4.74 Å². The van der Waals surface area contributed by atoms with Crippen molar-refractivity contribution < 1.29 is 4.74 Å². The lowest BCUT2D eigenvalue weighted by Gasteiger charge is -2.22. The molecule has 0 aromatic carbocycles. The number of hydrogen-bond donors (Lipinski definition) is 1. The number of rotatable bonds is 6. The molecule has 0 atom stereocenters. The Morgan fingerprint density at radius 2 is 1.85 bits per heavy atom. The fourth-order valence-corrected chi connectivity index (χ4v) is 3.73. The van der Waals surface area contributed by atoms with Gasteiger partial charge < -0.3 is 15.0 Å². The van der Waals surface area contributed by atoms with Gasteiger partial charge in [-0.2, -0.15) is 0 Å². The number of nitrogens with zero attached hydrogens (tertiary/aromatic N) is 4. The zero-order valence-corrected chi connectivity index (χ0v) is 15.2. The molecule has 0 unspecified atom stereocenters. The SMILES string of the molecule is c1cc(CNc2cc(N3CCCC3)ncn2)cc(OC2CCCCC2)n1. The molecule has 4 rings (SSSR count). The van der Waals surface area contributed by atoms with Crippen LogP contribution in [0.4, 0.5) is 11.6 Å². The van der Waals surface area contributed by atoms with Crippen LogP contribution in [-0.4, -0.2) is 34.1 Å². The number of anilines is 2. The standard InChI is InChI=1S/C20H27N5O/c1-2-6-17(7-3-1)26-20-12-16(8-9-21-20)14-22-18-13-19(24-15-23-18)25-10-4-5-11-25/h8-9,12-13,15,17H,1-7,10-11,14H2,(H,22,23,24). The van der Waals surface area contributed by atoms with Gasteiger partial charge in [0.2, 0.25) is 5.88 Å². The molecule has 1 saturated heterocycles. The summed E-state index contributed by atoms with van der Waals surface area (Å²) in [7, 11) is 0. The summed E-state index contributed by atoms with van der Waals surface area (Å²) in [5, 5.41) is 3.39. The molecule has 2 fully saturated rings. The topological polar surface area (TPSA) is 63.2 Å². The van der Waals surface area contributed by atoms with Crippen LogP contribution in [0.2, 0.25) is 0 Å². The molecular formula is C20H27N5O. The lowest BCUT2D eigenvalue weighted by Crippen LogP contribution is -2.20. The van der Waals surface area contributed by atoms with Gasteiger partial charge >= 0.3 is 0 Å². The average Bonchev–Trinajstić information content (AvgIpc) is 3.23. The first-order chi connectivity index (χ1) is 12.9. The summed E-state index contributed by atoms with van der Waals surface area (Å²) >= 11 is 0. The van der Waals surface area contributed by atoms with E-state index >= 15 is 0 Å². The molecule has 2 aromatic heterocycles. The van der Waals surface area contributed by atoms with Crippen molar-refractivity contribution in [3.8, 4) is 5.88 Å². The van der Waals surface area contributed by atoms with Gasteiger partial charge in [-0.25, -0.2) is 15.0 Å². The van der Waals surface area contributed by atoms with E-state index in [0.29, 0.717) is 12.6 Å². The molecule has 0 spiro atoms. The third-order valence-corrected chi connectivity index (χ3v) is 5.20. The van der Waals surface area contributed by atoms with Crippen LogP contribution in [0, 0.1) is 0 Å². The predicted octanol–water partition coefficient (Wildman–Crippen LogP) is 3.80. The predicted molar refractivity (Wildman–Crippen MR) is 103 cm³/mol. The van der Waals surface area contributed by atoms with E-state index < -0.39 is 0 Å². The third-order valence-electron chi connectivity index (χ3n) is 5.20. The van der Waals surface area contributed by atoms with Crippen LogP contribution in [0.5, 0.6) is 5.88 Å². The number of hydrogen-bond acceptors (Lipinski definition) is 6. The van der Waals surface area contributed by atoms with Crippen molar-refractivity contribution in [1.82, 2.24) is 15.0 Å². The molecule has 2 aliphatic rings. The molecule has 1 N–H and O–H groups in total. The highest BCUT2D eigenvalue weighted by Gasteiger charge is 2.16. The van der Waals surface area contributed by atoms with Crippen LogP contribution < -0.4 is 15.0 Å². The minimum atomic E-state index is 0.323. The lowest BCUT2D eigenvalue weighted by atomic mass is 9.98. The van der Waals surface area contributed by atoms with Gasteiger partial charge in [-0.05, 0) is 50.2 Å². The summed E-state index contributed by atoms with van der Waals surface area (Å²) in [6.07, 6.45) is 12.4. The molecule has 2 aromatic rings. The Morgan fingerprint density at radius 3 is 2.69 bits per heavy atom. The van der Waals surface area contributed by atoms with Crippen molar-refractivity contribution in [3.63, 3.8) is 0 Å². The summed E-state index contributed by atoms with van der Waals surface area (Å²) < 4.78 is 6.06. The van der Waals surface area contributed by atoms with E-state index in [0.717, 1.165) is 49.0 Å². The van der Waals surface area contributed by atoms with E-state index in [1.165, 1.54) is 32.1 Å². The Hall–Kier alpha value is -2.37. The highest BCUT2D eigenvalue weighted by atomic mass is 16.5. The summed E-state index contributed by atoms with van der Waals surface area (Å²) in [5.74, 6) is 2.60. The van der Waals surface area contributed by atoms with Crippen molar-refractivity contribution in [2.24, 2.45) is 0 Å². The van der Waals surface area contributed by atoms with Crippen LogP contribution in [0.1, 0.15) is 50.5 Å². The molecule has 1 aliphatic heterocycles. The van der Waals surface area contributed by atoms with Gasteiger partial charge in [0.25, 0.3) is 0 Å². The molecular weight excluding hydrogens is 326 g/mol. The van der Waals surface area contributed by atoms with Crippen LogP contribution >= 0.6 is 0 Å². The fourth-order valence-electron chi connectivity index (χ4n) is 3.73. The molecule has 138 valence electrons. The summed E-state index contributed by atoms with van der Waals surface area (Å²) in [4.78, 5) is 15.4. The van der Waals surface area contributed by atoms with Crippen molar-refractivity contribution in [2.75, 3.05) is 23.3 Å². The Labute approximate surface area is 155 Å². The third kappa shape index (κ3) is 4.42. The first-order valence-electron chi connectivity index (χ1n) is 9.79. The lowest BCUT2D eigenvalue weighted by molar-refractivity contribution is 0.148. The molecule has 1 aliphatic carbocycles. The van der Waals surface area contributed by atoms with Gasteiger partial charge in [-0.15, -0.1) is 0 Å². The quantitative estimate of drug-likeness (QED) is 0.852. The number of aromatic nitrogens is 3. The van der Waals surface area contributed by atoms with E-state index in [2.05, 4.69) is 25.2 Å². The van der Waals surface area contributed by atoms with Crippen molar-refractivity contribution in [2.45, 2.75) is 57.6 Å². The van der Waals surface area contributed by atoms with Gasteiger partial charge in [0.1, 0.15) is 24.1 Å². The van der Waals surface area contributed by atoms with Crippen molar-refractivity contribution in [1.29, 1.82) is 0 Å². The van der Waals surface area contributed by atoms with Gasteiger partial charge in [-0.1, -0.05) is 6.42 Å². The van der Waals surface area contributed by atoms with E-state index in [1.54, 1.807) is 6.33 Å². The maximum Gasteiger partial charge on any atom is 0.213 e. The van der Waals surface area contributed by atoms with Crippen LogP contribution in [-0.2, 0) is 6.54 Å². The second kappa shape index (κ2) is 8.34. The maximum absolute atomic E-state index is 6.06. The van der Waals surface area contributed by atoms with Gasteiger partial charge in [0.05, 0.1) is 0 Å². The molecule has 0 radical (unpaired) electrons. The van der Waals surface area contributed by atoms with E-state index in [9.17, 15) is 0 Å². The zero-order chi connectivity index (χ0) is 17.6. The number of nitrogens with one attached hydrogen (secondary N) is 1. The highest BCUT2D eigenvalue weighted by molar-refractivity contribution is 5.49. The fraction of sp³-hybridized carbons (Fsp3) is 0.550. The monoisotopic (exact) mass is 353 g/mol. The zero-order valence-electron chi connectivity index (χ0n) is 15.2. The molecule has 26 heavy (non-hydrogen) atoms. The minimum Gasteiger partial charge on any atom is -0.474 e. The summed E-state index contributed by atoms with van der Waals surface area (Å²) in [6.45, 7) is 2.87. The number of pyridine rings is 1. The van der Waals surface area contributed by atoms with E-state index in [-0.39, 0.29) is 0 Å². The van der Waals surface area contributed by atoms with E-state index in [1.807, 2.05) is 24.4 Å².